The van der Waals surface area contributed by atoms with Gasteiger partial charge in [0.2, 0.25) is 0 Å². The summed E-state index contributed by atoms with van der Waals surface area (Å²) < 4.78 is 0. The highest BCUT2D eigenvalue weighted by Gasteiger charge is 2.23. The van der Waals surface area contributed by atoms with Gasteiger partial charge in [0, 0.05) is 0 Å². The SMILES string of the molecule is CC.CC.CC.Cc1ccc(-c2c3ccccc3c(-c3cccc4ccccc34)c3ccccc23)cc1.c1ccc(-c2c3ccccc3c(-c3cccc4ccccc34)c3ccccc23)cc1.c1ccc(-c2c3ccccc3c(-c3cccc4ccccc34)c3ccccc23)cc1.c1ccc(-c2c3ccccc3c(-c3cccc4ccccc34)c3ccccc23)cc1. The standard InChI is InChI=1S/C31H22.3C30H20.3C2H6/c1-21-17-19-23(20-18-21)30-26-12-4-6-14-28(26)31(29-15-7-5-13-27(29)30)25-16-8-10-22-9-2-3-11-24(22)25;3*1-2-12-22(13-3-1)29-25-16-6-8-18-27(25)30(28-19-9-7-17-26(28)29)24-20-10-14-21-11-4-5-15-23(21)24;3*1-2/h2-20H,1H3;3*1-20H;3*1-2H3. The highest BCUT2D eigenvalue weighted by atomic mass is 14.3. The van der Waals surface area contributed by atoms with Gasteiger partial charge in [0.05, 0.1) is 0 Å². The molecule has 0 atom stereocenters. The second kappa shape index (κ2) is 38.0. The lowest BCUT2D eigenvalue weighted by atomic mass is 9.84. The van der Waals surface area contributed by atoms with Gasteiger partial charge in [0.25, 0.3) is 0 Å². The zero-order valence-corrected chi connectivity index (χ0v) is 73.1. The molecule has 0 nitrogen and oxygen atoms in total. The molecule has 0 heteroatoms. The van der Waals surface area contributed by atoms with Gasteiger partial charge in [-0.1, -0.05) is 526 Å². The van der Waals surface area contributed by atoms with Gasteiger partial charge in [-0.3, -0.25) is 0 Å². The van der Waals surface area contributed by atoms with Crippen molar-refractivity contribution in [2.45, 2.75) is 48.5 Å². The Bertz CT molecular complexity index is 7240. The number of rotatable bonds is 8. The van der Waals surface area contributed by atoms with Crippen LogP contribution in [0.3, 0.4) is 0 Å². The minimum atomic E-state index is 1.26. The average Bonchev–Trinajstić information content (AvgIpc) is 0.744. The van der Waals surface area contributed by atoms with Gasteiger partial charge in [-0.25, -0.2) is 0 Å². The zero-order valence-electron chi connectivity index (χ0n) is 73.1. The highest BCUT2D eigenvalue weighted by Crippen LogP contribution is 2.51. The Hall–Kier alpha value is -15.6. The van der Waals surface area contributed by atoms with E-state index < -0.39 is 0 Å². The Balaban J connectivity index is 0.000000112. The maximum absolute atomic E-state index is 2.27. The molecule has 0 aromatic heterocycles. The molecule has 0 fully saturated rings. The van der Waals surface area contributed by atoms with Crippen molar-refractivity contribution < 1.29 is 0 Å². The number of hydrogen-bond acceptors (Lipinski definition) is 0. The molecule has 0 N–H and O–H groups in total. The third-order valence-electron chi connectivity index (χ3n) is 24.5. The molecule has 0 unspecified atom stereocenters. The first-order chi connectivity index (χ1) is 63.1. The van der Waals surface area contributed by atoms with Crippen molar-refractivity contribution >= 4 is 129 Å². The van der Waals surface area contributed by atoms with Gasteiger partial charge in [-0.2, -0.15) is 0 Å². The van der Waals surface area contributed by atoms with Gasteiger partial charge in [0.1, 0.15) is 0 Å². The van der Waals surface area contributed by atoms with E-state index in [0.717, 1.165) is 0 Å². The summed E-state index contributed by atoms with van der Waals surface area (Å²) in [7, 11) is 0. The molecule has 0 heterocycles. The molecule has 24 aromatic rings. The first kappa shape index (κ1) is 82.4. The van der Waals surface area contributed by atoms with Crippen molar-refractivity contribution in [3.8, 4) is 89.0 Å². The Kier molecular flexibility index (Phi) is 24.7. The van der Waals surface area contributed by atoms with Gasteiger partial charge >= 0.3 is 0 Å². The Morgan fingerprint density at radius 1 is 0.102 bits per heavy atom. The Labute approximate surface area is 746 Å². The second-order valence-corrected chi connectivity index (χ2v) is 31.4. The third kappa shape index (κ3) is 15.8. The lowest BCUT2D eigenvalue weighted by Crippen LogP contribution is -1.91. The van der Waals surface area contributed by atoms with Crippen molar-refractivity contribution in [1.82, 2.24) is 0 Å². The summed E-state index contributed by atoms with van der Waals surface area (Å²) in [6, 6.07) is 173. The second-order valence-electron chi connectivity index (χ2n) is 31.4. The number of hydrogen-bond donors (Lipinski definition) is 0. The van der Waals surface area contributed by atoms with Crippen molar-refractivity contribution in [1.29, 1.82) is 0 Å². The topological polar surface area (TPSA) is 0 Å². The van der Waals surface area contributed by atoms with Crippen molar-refractivity contribution in [2.75, 3.05) is 0 Å². The zero-order chi connectivity index (χ0) is 86.5. The number of aryl methyl sites for hydroxylation is 1. The lowest BCUT2D eigenvalue weighted by molar-refractivity contribution is 1.47. The van der Waals surface area contributed by atoms with Gasteiger partial charge < -0.3 is 0 Å². The van der Waals surface area contributed by atoms with E-state index in [-0.39, 0.29) is 0 Å². The van der Waals surface area contributed by atoms with Crippen LogP contribution in [-0.2, 0) is 0 Å². The maximum atomic E-state index is 2.27. The summed E-state index contributed by atoms with van der Waals surface area (Å²) >= 11 is 0. The first-order valence-electron chi connectivity index (χ1n) is 45.0. The summed E-state index contributed by atoms with van der Waals surface area (Å²) in [4.78, 5) is 0. The number of benzene rings is 24. The molecule has 0 saturated heterocycles. The first-order valence-corrected chi connectivity index (χ1v) is 45.0. The quantitative estimate of drug-likeness (QED) is 0.133. The number of fused-ring (bicyclic) bond motifs is 12. The molecular weight excluding hydrogens is 1530 g/mol. The van der Waals surface area contributed by atoms with Gasteiger partial charge in [-0.15, -0.1) is 0 Å². The predicted molar refractivity (Wildman–Crippen MR) is 558 cm³/mol. The van der Waals surface area contributed by atoms with Gasteiger partial charge in [-0.05, 0) is 225 Å². The van der Waals surface area contributed by atoms with E-state index in [1.54, 1.807) is 0 Å². The fourth-order valence-corrected chi connectivity index (χ4v) is 19.2. The van der Waals surface area contributed by atoms with Crippen molar-refractivity contribution in [3.63, 3.8) is 0 Å². The van der Waals surface area contributed by atoms with Crippen LogP contribution < -0.4 is 0 Å². The van der Waals surface area contributed by atoms with E-state index in [9.17, 15) is 0 Å². The maximum Gasteiger partial charge on any atom is -0.00201 e. The van der Waals surface area contributed by atoms with Crippen LogP contribution in [0.5, 0.6) is 0 Å². The fourth-order valence-electron chi connectivity index (χ4n) is 19.2. The minimum absolute atomic E-state index is 1.26. The molecule has 0 radical (unpaired) electrons. The molecule has 24 aromatic carbocycles. The normalized spacial score (nSPS) is 11.0. The van der Waals surface area contributed by atoms with Crippen LogP contribution in [0.15, 0.2) is 479 Å². The average molecular weight is 1630 g/mol. The van der Waals surface area contributed by atoms with E-state index in [2.05, 4.69) is 486 Å². The molecule has 127 heavy (non-hydrogen) atoms. The van der Waals surface area contributed by atoms with Crippen LogP contribution in [0.2, 0.25) is 0 Å². The van der Waals surface area contributed by atoms with E-state index in [4.69, 9.17) is 0 Å². The van der Waals surface area contributed by atoms with E-state index in [1.807, 2.05) is 41.5 Å². The molecular formula is C127H100. The molecule has 608 valence electrons. The van der Waals surface area contributed by atoms with Crippen LogP contribution in [0.4, 0.5) is 0 Å². The van der Waals surface area contributed by atoms with Crippen LogP contribution in [0.1, 0.15) is 47.1 Å². The van der Waals surface area contributed by atoms with Crippen molar-refractivity contribution in [3.05, 3.63) is 485 Å². The van der Waals surface area contributed by atoms with Crippen LogP contribution in [-0.4, -0.2) is 0 Å². The smallest absolute Gasteiger partial charge is 0.00201 e. The van der Waals surface area contributed by atoms with Gasteiger partial charge in [0.15, 0.2) is 0 Å². The van der Waals surface area contributed by atoms with Crippen LogP contribution >= 0.6 is 0 Å². The molecule has 0 bridgehead atoms. The molecule has 24 rings (SSSR count). The Morgan fingerprint density at radius 3 is 0.417 bits per heavy atom. The van der Waals surface area contributed by atoms with E-state index in [1.165, 1.54) is 224 Å². The summed E-state index contributed by atoms with van der Waals surface area (Å²) in [5.74, 6) is 0. The molecule has 0 amide bonds. The summed E-state index contributed by atoms with van der Waals surface area (Å²) in [6.45, 7) is 14.1. The largest absolute Gasteiger partial charge is 0.0683 e. The van der Waals surface area contributed by atoms with Crippen LogP contribution in [0, 0.1) is 6.92 Å². The highest BCUT2D eigenvalue weighted by molar-refractivity contribution is 6.28. The Morgan fingerprint density at radius 2 is 0.236 bits per heavy atom. The van der Waals surface area contributed by atoms with Crippen LogP contribution in [0.25, 0.3) is 218 Å². The predicted octanol–water partition coefficient (Wildman–Crippen LogP) is 37.3. The molecule has 0 aliphatic rings. The molecule has 0 saturated carbocycles. The third-order valence-corrected chi connectivity index (χ3v) is 24.5. The molecule has 0 aliphatic carbocycles. The monoisotopic (exact) mass is 1620 g/mol. The summed E-state index contributed by atoms with van der Waals surface area (Å²) in [6.07, 6.45) is 0. The lowest BCUT2D eigenvalue weighted by Gasteiger charge is -2.18. The molecule has 0 aliphatic heterocycles. The van der Waals surface area contributed by atoms with E-state index in [0.29, 0.717) is 0 Å². The summed E-state index contributed by atoms with van der Waals surface area (Å²) in [5.41, 5.74) is 22.0. The fraction of sp³-hybridized carbons (Fsp3) is 0.0551. The minimum Gasteiger partial charge on any atom is -0.0683 e. The molecule has 0 spiro atoms. The summed E-state index contributed by atoms with van der Waals surface area (Å²) in [5, 5.41) is 31.0. The van der Waals surface area contributed by atoms with Crippen molar-refractivity contribution in [2.24, 2.45) is 0 Å². The van der Waals surface area contributed by atoms with E-state index >= 15 is 0 Å².